The molecule has 256 valence electrons. The molecule has 0 aliphatic carbocycles. The number of ether oxygens (including phenoxy) is 4. The number of hydrogen-bond acceptors (Lipinski definition) is 8. The first-order chi connectivity index (χ1) is 25.3. The Kier molecular flexibility index (Phi) is 9.04. The SMILES string of the molecule is COc1cc(OC)c2c(-c3ccc(Br)cc3)nc3c(c(C#N)c4ccccn43)c2c1.COc1cc(OC)cc(-c2c(C#N)c3ccccn3c2N)c1. The maximum absolute atomic E-state index is 9.99. The zero-order valence-corrected chi connectivity index (χ0v) is 30.2. The Hall–Kier alpha value is -6.69. The van der Waals surface area contributed by atoms with Gasteiger partial charge in [0.15, 0.2) is 0 Å². The van der Waals surface area contributed by atoms with E-state index in [1.165, 1.54) is 0 Å². The fourth-order valence-electron chi connectivity index (χ4n) is 6.55. The molecule has 3 aromatic carbocycles. The molecule has 2 N–H and O–H groups in total. The summed E-state index contributed by atoms with van der Waals surface area (Å²) in [5.74, 6) is 3.12. The van der Waals surface area contributed by atoms with Crippen LogP contribution in [0.4, 0.5) is 5.82 Å². The Labute approximate surface area is 307 Å². The molecule has 52 heavy (non-hydrogen) atoms. The van der Waals surface area contributed by atoms with Crippen molar-refractivity contribution in [2.45, 2.75) is 0 Å². The van der Waals surface area contributed by atoms with E-state index in [0.29, 0.717) is 45.5 Å². The van der Waals surface area contributed by atoms with Gasteiger partial charge in [-0.05, 0) is 60.2 Å². The largest absolute Gasteiger partial charge is 0.497 e. The van der Waals surface area contributed by atoms with E-state index in [1.807, 2.05) is 102 Å². The summed E-state index contributed by atoms with van der Waals surface area (Å²) in [7, 11) is 6.42. The number of nitriles is 2. The topological polar surface area (TPSA) is 132 Å². The first-order valence-electron chi connectivity index (χ1n) is 16.0. The Balaban J connectivity index is 0.000000170. The third-order valence-electron chi connectivity index (χ3n) is 8.94. The van der Waals surface area contributed by atoms with Gasteiger partial charge in [-0.1, -0.05) is 40.2 Å². The molecule has 0 spiro atoms. The molecular formula is C41H31BrN6O4. The lowest BCUT2D eigenvalue weighted by molar-refractivity contribution is 0.394. The van der Waals surface area contributed by atoms with E-state index in [2.05, 4.69) is 28.1 Å². The summed E-state index contributed by atoms with van der Waals surface area (Å²) in [5.41, 5.74) is 12.9. The molecule has 11 heteroatoms. The van der Waals surface area contributed by atoms with Gasteiger partial charge < -0.3 is 29.1 Å². The molecule has 5 heterocycles. The maximum atomic E-state index is 9.99. The van der Waals surface area contributed by atoms with E-state index in [0.717, 1.165) is 54.1 Å². The number of pyridine rings is 3. The number of hydrogen-bond donors (Lipinski definition) is 1. The van der Waals surface area contributed by atoms with Crippen LogP contribution in [0.5, 0.6) is 23.0 Å². The molecule has 0 aliphatic rings. The number of rotatable bonds is 6. The first-order valence-corrected chi connectivity index (χ1v) is 16.8. The number of nitrogens with zero attached hydrogens (tertiary/aromatic N) is 5. The zero-order chi connectivity index (χ0) is 36.5. The van der Waals surface area contributed by atoms with Crippen molar-refractivity contribution in [2.24, 2.45) is 0 Å². The van der Waals surface area contributed by atoms with Crippen LogP contribution in [0.3, 0.4) is 0 Å². The highest BCUT2D eigenvalue weighted by molar-refractivity contribution is 9.10. The molecule has 8 rings (SSSR count). The third-order valence-corrected chi connectivity index (χ3v) is 9.46. The number of anilines is 1. The van der Waals surface area contributed by atoms with Gasteiger partial charge in [0, 0.05) is 50.9 Å². The number of nitrogens with two attached hydrogens (primary N) is 1. The molecule has 10 nitrogen and oxygen atoms in total. The molecule has 5 aromatic heterocycles. The maximum Gasteiger partial charge on any atom is 0.147 e. The Morgan fingerprint density at radius 3 is 1.85 bits per heavy atom. The summed E-state index contributed by atoms with van der Waals surface area (Å²) >= 11 is 3.50. The van der Waals surface area contributed by atoms with E-state index in [1.54, 1.807) is 38.9 Å². The van der Waals surface area contributed by atoms with Gasteiger partial charge in [0.05, 0.1) is 61.7 Å². The average molecular weight is 752 g/mol. The van der Waals surface area contributed by atoms with E-state index in [-0.39, 0.29) is 0 Å². The van der Waals surface area contributed by atoms with Crippen molar-refractivity contribution in [3.63, 3.8) is 0 Å². The van der Waals surface area contributed by atoms with Crippen LogP contribution in [0.2, 0.25) is 0 Å². The van der Waals surface area contributed by atoms with Crippen LogP contribution in [-0.2, 0) is 0 Å². The van der Waals surface area contributed by atoms with E-state index < -0.39 is 0 Å². The second kappa shape index (κ2) is 13.9. The lowest BCUT2D eigenvalue weighted by atomic mass is 9.99. The monoisotopic (exact) mass is 750 g/mol. The minimum absolute atomic E-state index is 0.516. The van der Waals surface area contributed by atoms with Crippen molar-refractivity contribution in [2.75, 3.05) is 34.2 Å². The van der Waals surface area contributed by atoms with Crippen LogP contribution in [0.1, 0.15) is 11.1 Å². The van der Waals surface area contributed by atoms with Gasteiger partial charge in [-0.25, -0.2) is 4.98 Å². The van der Waals surface area contributed by atoms with Crippen LogP contribution in [0.15, 0.2) is 108 Å². The molecule has 0 amide bonds. The predicted molar refractivity (Wildman–Crippen MR) is 206 cm³/mol. The molecule has 0 radical (unpaired) electrons. The van der Waals surface area contributed by atoms with Gasteiger partial charge in [-0.2, -0.15) is 10.5 Å². The van der Waals surface area contributed by atoms with Crippen LogP contribution in [0.25, 0.3) is 55.2 Å². The Morgan fingerprint density at radius 1 is 0.654 bits per heavy atom. The fraction of sp³-hybridized carbons (Fsp3) is 0.0976. The van der Waals surface area contributed by atoms with E-state index in [9.17, 15) is 10.5 Å². The number of fused-ring (bicyclic) bond motifs is 6. The molecule has 0 saturated heterocycles. The fourth-order valence-corrected chi connectivity index (χ4v) is 6.81. The summed E-state index contributed by atoms with van der Waals surface area (Å²) in [5, 5.41) is 22.1. The van der Waals surface area contributed by atoms with Crippen molar-refractivity contribution < 1.29 is 18.9 Å². The number of methoxy groups -OCH3 is 4. The van der Waals surface area contributed by atoms with Gasteiger partial charge in [0.25, 0.3) is 0 Å². The second-order valence-corrected chi connectivity index (χ2v) is 12.6. The predicted octanol–water partition coefficient (Wildman–Crippen LogP) is 9.04. The van der Waals surface area contributed by atoms with E-state index >= 15 is 0 Å². The summed E-state index contributed by atoms with van der Waals surface area (Å²) in [4.78, 5) is 5.04. The molecule has 0 saturated carbocycles. The Bertz CT molecular complexity index is 2720. The minimum atomic E-state index is 0.516. The van der Waals surface area contributed by atoms with Gasteiger partial charge >= 0.3 is 0 Å². The van der Waals surface area contributed by atoms with Gasteiger partial charge in [-0.3, -0.25) is 4.40 Å². The van der Waals surface area contributed by atoms with Crippen molar-refractivity contribution in [3.05, 3.63) is 119 Å². The molecule has 0 unspecified atom stereocenters. The summed E-state index contributed by atoms with van der Waals surface area (Å²) in [6.45, 7) is 0. The lowest BCUT2D eigenvalue weighted by Crippen LogP contribution is -1.96. The smallest absolute Gasteiger partial charge is 0.147 e. The minimum Gasteiger partial charge on any atom is -0.497 e. The number of halogens is 1. The molecular weight excluding hydrogens is 720 g/mol. The van der Waals surface area contributed by atoms with Crippen LogP contribution < -0.4 is 24.7 Å². The van der Waals surface area contributed by atoms with Crippen molar-refractivity contribution >= 4 is 54.6 Å². The Morgan fingerprint density at radius 2 is 1.25 bits per heavy atom. The molecule has 0 fully saturated rings. The quantitative estimate of drug-likeness (QED) is 0.178. The molecule has 0 bridgehead atoms. The zero-order valence-electron chi connectivity index (χ0n) is 28.6. The normalized spacial score (nSPS) is 10.8. The highest BCUT2D eigenvalue weighted by Gasteiger charge is 2.23. The third kappa shape index (κ3) is 5.63. The summed E-state index contributed by atoms with van der Waals surface area (Å²) in [6.07, 6.45) is 3.77. The van der Waals surface area contributed by atoms with Gasteiger partial charge in [0.2, 0.25) is 0 Å². The number of nitrogen functional groups attached to an aromatic ring is 1. The lowest BCUT2D eigenvalue weighted by Gasteiger charge is -2.14. The molecule has 0 atom stereocenters. The highest BCUT2D eigenvalue weighted by atomic mass is 79.9. The van der Waals surface area contributed by atoms with Gasteiger partial charge in [-0.15, -0.1) is 0 Å². The number of aromatic nitrogens is 3. The number of benzene rings is 3. The average Bonchev–Trinajstić information content (AvgIpc) is 3.68. The van der Waals surface area contributed by atoms with Crippen LogP contribution in [0, 0.1) is 22.7 Å². The van der Waals surface area contributed by atoms with Crippen LogP contribution >= 0.6 is 15.9 Å². The van der Waals surface area contributed by atoms with Crippen molar-refractivity contribution in [1.29, 1.82) is 10.5 Å². The van der Waals surface area contributed by atoms with Gasteiger partial charge in [0.1, 0.15) is 46.6 Å². The standard InChI is InChI=1S/C24H16BrN3O2.C17H15N3O2/c1-29-16-11-17-21-18(13-26)19-5-3-4-10-28(19)24(21)27-23(22(17)20(12-16)30-2)14-6-8-15(25)9-7-14;1-21-12-7-11(8-13(9-12)22-2)16-14(10-18)15-5-3-4-6-20(15)17(16)19/h3-12H,1-2H3;3-9H,19H2,1-2H3. The summed E-state index contributed by atoms with van der Waals surface area (Å²) in [6, 6.07) is 33.3. The summed E-state index contributed by atoms with van der Waals surface area (Å²) < 4.78 is 26.6. The second-order valence-electron chi connectivity index (χ2n) is 11.7. The highest BCUT2D eigenvalue weighted by Crippen LogP contribution is 2.43. The molecule has 0 aliphatic heterocycles. The first kappa shape index (κ1) is 33.8. The van der Waals surface area contributed by atoms with Crippen LogP contribution in [-0.4, -0.2) is 42.2 Å². The molecule has 8 aromatic rings. The van der Waals surface area contributed by atoms with Crippen molar-refractivity contribution in [1.82, 2.24) is 13.8 Å². The van der Waals surface area contributed by atoms with Crippen molar-refractivity contribution in [3.8, 4) is 57.5 Å². The van der Waals surface area contributed by atoms with E-state index in [4.69, 9.17) is 29.7 Å².